The van der Waals surface area contributed by atoms with Gasteiger partial charge in [-0.2, -0.15) is 0 Å². The quantitative estimate of drug-likeness (QED) is 0.628. The Hall–Kier alpha value is -1.15. The number of rotatable bonds is 3. The zero-order valence-corrected chi connectivity index (χ0v) is 14.0. The molecule has 0 aliphatic carbocycles. The van der Waals surface area contributed by atoms with Crippen LogP contribution in [-0.4, -0.2) is 0 Å². The summed E-state index contributed by atoms with van der Waals surface area (Å²) in [6.45, 7) is 8.62. The van der Waals surface area contributed by atoms with Crippen LogP contribution in [0.1, 0.15) is 38.2 Å². The minimum Gasteiger partial charge on any atom is -0.207 e. The molecule has 2 aromatic carbocycles. The van der Waals surface area contributed by atoms with Crippen molar-refractivity contribution in [3.63, 3.8) is 0 Å². The highest BCUT2D eigenvalue weighted by Gasteiger charge is 2.16. The highest BCUT2D eigenvalue weighted by Crippen LogP contribution is 2.34. The van der Waals surface area contributed by atoms with Crippen LogP contribution in [0.15, 0.2) is 30.3 Å². The first-order valence-electron chi connectivity index (χ1n) is 6.86. The van der Waals surface area contributed by atoms with Crippen LogP contribution in [0.25, 0.3) is 0 Å². The lowest BCUT2D eigenvalue weighted by Gasteiger charge is -2.20. The van der Waals surface area contributed by atoms with E-state index in [0.29, 0.717) is 0 Å². The summed E-state index contributed by atoms with van der Waals surface area (Å²) in [5.74, 6) is -0.170. The molecular weight excluding hydrogens is 315 g/mol. The van der Waals surface area contributed by atoms with E-state index in [0.717, 1.165) is 12.0 Å². The number of alkyl halides is 1. The molecule has 2 rings (SSSR count). The average Bonchev–Trinajstić information content (AvgIpc) is 2.36. The van der Waals surface area contributed by atoms with Crippen molar-refractivity contribution in [1.82, 2.24) is 0 Å². The van der Waals surface area contributed by atoms with Gasteiger partial charge in [0.15, 0.2) is 0 Å². The number of halogens is 2. The molecule has 0 aromatic heterocycles. The van der Waals surface area contributed by atoms with E-state index >= 15 is 0 Å². The topological polar surface area (TPSA) is 0 Å². The first kappa shape index (κ1) is 15.2. The van der Waals surface area contributed by atoms with Gasteiger partial charge in [-0.3, -0.25) is 0 Å². The smallest absolute Gasteiger partial charge is 0.123 e. The monoisotopic (exact) mass is 334 g/mol. The van der Waals surface area contributed by atoms with Crippen LogP contribution in [0.5, 0.6) is 0 Å². The molecule has 0 bridgehead atoms. The van der Waals surface area contributed by atoms with E-state index in [-0.39, 0.29) is 10.6 Å². The average molecular weight is 335 g/mol. The van der Waals surface area contributed by atoms with Gasteiger partial charge in [-0.1, -0.05) is 34.1 Å². The lowest BCUT2D eigenvalue weighted by molar-refractivity contribution is 0.625. The van der Waals surface area contributed by atoms with Crippen LogP contribution in [0, 0.1) is 33.5 Å². The van der Waals surface area contributed by atoms with E-state index in [1.807, 2.05) is 6.07 Å². The van der Waals surface area contributed by atoms with Gasteiger partial charge < -0.3 is 0 Å². The highest BCUT2D eigenvalue weighted by atomic mass is 79.9. The van der Waals surface area contributed by atoms with Crippen molar-refractivity contribution < 1.29 is 4.39 Å². The van der Waals surface area contributed by atoms with Gasteiger partial charge in [0.2, 0.25) is 0 Å². The largest absolute Gasteiger partial charge is 0.207 e. The molecule has 0 aliphatic rings. The molecule has 2 heteroatoms. The van der Waals surface area contributed by atoms with Crippen molar-refractivity contribution in [2.75, 3.05) is 0 Å². The minimum absolute atomic E-state index is 0.170. The van der Waals surface area contributed by atoms with Crippen molar-refractivity contribution in [2.24, 2.45) is 0 Å². The third-order valence-corrected chi connectivity index (χ3v) is 4.82. The Morgan fingerprint density at radius 3 is 2.15 bits per heavy atom. The summed E-state index contributed by atoms with van der Waals surface area (Å²) in [6.07, 6.45) is 0.794. The summed E-state index contributed by atoms with van der Waals surface area (Å²) in [7, 11) is 0. The highest BCUT2D eigenvalue weighted by molar-refractivity contribution is 9.09. The first-order chi connectivity index (χ1) is 9.40. The SMILES string of the molecule is Cc1cc(C)c(C)c(C(Br)Cc2cccc(F)c2)c1C. The predicted octanol–water partition coefficient (Wildman–Crippen LogP) is 5.74. The van der Waals surface area contributed by atoms with Gasteiger partial charge in [0.25, 0.3) is 0 Å². The second-order valence-corrected chi connectivity index (χ2v) is 6.58. The number of hydrogen-bond acceptors (Lipinski definition) is 0. The molecular formula is C18H20BrF. The molecule has 0 N–H and O–H groups in total. The number of aryl methyl sites for hydroxylation is 2. The zero-order valence-electron chi connectivity index (χ0n) is 12.4. The lowest BCUT2D eigenvalue weighted by Crippen LogP contribution is -2.04. The van der Waals surface area contributed by atoms with Crippen molar-refractivity contribution in [3.05, 3.63) is 69.5 Å². The molecule has 1 atom stereocenters. The normalized spacial score (nSPS) is 12.5. The minimum atomic E-state index is -0.170. The Morgan fingerprint density at radius 1 is 1.00 bits per heavy atom. The van der Waals surface area contributed by atoms with Crippen LogP contribution in [-0.2, 0) is 6.42 Å². The van der Waals surface area contributed by atoms with E-state index in [9.17, 15) is 4.39 Å². The molecule has 0 saturated heterocycles. The maximum Gasteiger partial charge on any atom is 0.123 e. The number of benzene rings is 2. The Balaban J connectivity index is 2.37. The Labute approximate surface area is 129 Å². The molecule has 0 saturated carbocycles. The van der Waals surface area contributed by atoms with Crippen molar-refractivity contribution in [3.8, 4) is 0 Å². The fourth-order valence-electron chi connectivity index (χ4n) is 2.69. The van der Waals surface area contributed by atoms with Gasteiger partial charge in [0.1, 0.15) is 5.82 Å². The van der Waals surface area contributed by atoms with E-state index < -0.39 is 0 Å². The molecule has 106 valence electrons. The molecule has 2 aromatic rings. The van der Waals surface area contributed by atoms with Crippen LogP contribution < -0.4 is 0 Å². The van der Waals surface area contributed by atoms with Crippen molar-refractivity contribution in [1.29, 1.82) is 0 Å². The number of hydrogen-bond donors (Lipinski definition) is 0. The maximum atomic E-state index is 13.3. The Morgan fingerprint density at radius 2 is 1.60 bits per heavy atom. The van der Waals surface area contributed by atoms with Crippen LogP contribution in [0.3, 0.4) is 0 Å². The summed E-state index contributed by atoms with van der Waals surface area (Å²) in [5.41, 5.74) is 7.63. The molecule has 0 radical (unpaired) electrons. The molecule has 0 spiro atoms. The lowest BCUT2D eigenvalue weighted by atomic mass is 9.90. The van der Waals surface area contributed by atoms with Gasteiger partial charge in [-0.15, -0.1) is 0 Å². The first-order valence-corrected chi connectivity index (χ1v) is 7.77. The van der Waals surface area contributed by atoms with E-state index in [1.165, 1.54) is 33.9 Å². The van der Waals surface area contributed by atoms with Gasteiger partial charge in [0.05, 0.1) is 0 Å². The van der Waals surface area contributed by atoms with Gasteiger partial charge in [-0.05, 0) is 79.6 Å². The summed E-state index contributed by atoms with van der Waals surface area (Å²) < 4.78 is 13.3. The Bertz CT molecular complexity index is 605. The maximum absolute atomic E-state index is 13.3. The standard InChI is InChI=1S/C18H20BrF/c1-11-8-12(2)14(4)18(13(11)3)17(19)10-15-6-5-7-16(20)9-15/h5-9,17H,10H2,1-4H3. The summed E-state index contributed by atoms with van der Waals surface area (Å²) in [6, 6.07) is 9.08. The third-order valence-electron chi connectivity index (χ3n) is 4.04. The van der Waals surface area contributed by atoms with Crippen LogP contribution >= 0.6 is 15.9 Å². The second-order valence-electron chi connectivity index (χ2n) is 5.48. The third kappa shape index (κ3) is 3.12. The van der Waals surface area contributed by atoms with Crippen LogP contribution in [0.2, 0.25) is 0 Å². The molecule has 0 amide bonds. The second kappa shape index (κ2) is 6.09. The van der Waals surface area contributed by atoms with E-state index in [1.54, 1.807) is 12.1 Å². The predicted molar refractivity (Wildman–Crippen MR) is 87.2 cm³/mol. The van der Waals surface area contributed by atoms with E-state index in [4.69, 9.17) is 0 Å². The molecule has 20 heavy (non-hydrogen) atoms. The van der Waals surface area contributed by atoms with Gasteiger partial charge >= 0.3 is 0 Å². The molecule has 0 nitrogen and oxygen atoms in total. The molecule has 0 heterocycles. The van der Waals surface area contributed by atoms with Crippen LogP contribution in [0.4, 0.5) is 4.39 Å². The molecule has 0 aliphatic heterocycles. The van der Waals surface area contributed by atoms with E-state index in [2.05, 4.69) is 49.7 Å². The molecule has 1 unspecified atom stereocenters. The van der Waals surface area contributed by atoms with Gasteiger partial charge in [-0.25, -0.2) is 4.39 Å². The van der Waals surface area contributed by atoms with Crippen molar-refractivity contribution >= 4 is 15.9 Å². The summed E-state index contributed by atoms with van der Waals surface area (Å²) >= 11 is 3.79. The summed E-state index contributed by atoms with van der Waals surface area (Å²) in [5, 5.41) is 0. The summed E-state index contributed by atoms with van der Waals surface area (Å²) in [4.78, 5) is 0.211. The van der Waals surface area contributed by atoms with Gasteiger partial charge in [0, 0.05) is 4.83 Å². The molecule has 0 fully saturated rings. The zero-order chi connectivity index (χ0) is 14.9. The Kier molecular flexibility index (Phi) is 4.64. The van der Waals surface area contributed by atoms with Crippen molar-refractivity contribution in [2.45, 2.75) is 38.9 Å². The fraction of sp³-hybridized carbons (Fsp3) is 0.333. The fourth-order valence-corrected chi connectivity index (χ4v) is 3.75.